The summed E-state index contributed by atoms with van der Waals surface area (Å²) < 4.78 is 1.85. The van der Waals surface area contributed by atoms with Gasteiger partial charge in [-0.1, -0.05) is 23.7 Å². The lowest BCUT2D eigenvalue weighted by atomic mass is 10.3. The molecule has 0 spiro atoms. The van der Waals surface area contributed by atoms with Crippen molar-refractivity contribution in [1.82, 2.24) is 4.90 Å². The molecule has 0 N–H and O–H groups in total. The van der Waals surface area contributed by atoms with E-state index in [4.69, 9.17) is 16.6 Å². The molecular formula is C20H21ClN5OS+. The average Bonchev–Trinajstić information content (AvgIpc) is 3.11. The van der Waals surface area contributed by atoms with Gasteiger partial charge in [-0.25, -0.2) is 4.57 Å². The average molecular weight is 415 g/mol. The number of amides is 1. The van der Waals surface area contributed by atoms with Crippen molar-refractivity contribution in [3.8, 4) is 0 Å². The Kier molecular flexibility index (Phi) is 4.81. The first-order valence-corrected chi connectivity index (χ1v) is 10.2. The number of carbonyl (C=O) groups excluding carboxylic acids is 1. The summed E-state index contributed by atoms with van der Waals surface area (Å²) in [5.41, 5.74) is 2.16. The number of amidine groups is 1. The Balaban J connectivity index is 1.78. The lowest BCUT2D eigenvalue weighted by molar-refractivity contribution is -0.658. The first-order chi connectivity index (χ1) is 13.4. The maximum atomic E-state index is 13.2. The van der Waals surface area contributed by atoms with Crippen LogP contribution in [0.4, 0.5) is 17.2 Å². The highest BCUT2D eigenvalue weighted by molar-refractivity contribution is 8.18. The second-order valence-corrected chi connectivity index (χ2v) is 8.04. The van der Waals surface area contributed by atoms with Crippen molar-refractivity contribution in [3.63, 3.8) is 0 Å². The van der Waals surface area contributed by atoms with Crippen molar-refractivity contribution in [2.75, 3.05) is 30.4 Å². The number of halogens is 1. The van der Waals surface area contributed by atoms with Crippen molar-refractivity contribution in [1.29, 1.82) is 0 Å². The van der Waals surface area contributed by atoms with Crippen LogP contribution in [-0.4, -0.2) is 36.6 Å². The normalized spacial score (nSPS) is 18.0. The highest BCUT2D eigenvalue weighted by Gasteiger charge is 2.42. The summed E-state index contributed by atoms with van der Waals surface area (Å²) in [6, 6.07) is 11.8. The van der Waals surface area contributed by atoms with Crippen molar-refractivity contribution in [3.05, 3.63) is 58.3 Å². The minimum atomic E-state index is -0.0237. The Labute approximate surface area is 173 Å². The van der Waals surface area contributed by atoms with Gasteiger partial charge in [0, 0.05) is 26.7 Å². The molecule has 0 aliphatic carbocycles. The van der Waals surface area contributed by atoms with Gasteiger partial charge < -0.3 is 9.80 Å². The third-order valence-electron chi connectivity index (χ3n) is 4.90. The molecule has 1 aromatic heterocycles. The van der Waals surface area contributed by atoms with E-state index in [1.165, 1.54) is 11.8 Å². The lowest BCUT2D eigenvalue weighted by Gasteiger charge is -2.19. The van der Waals surface area contributed by atoms with Crippen LogP contribution in [0.5, 0.6) is 0 Å². The molecule has 3 heterocycles. The minimum Gasteiger partial charge on any atom is -0.328 e. The molecular weight excluding hydrogens is 394 g/mol. The maximum absolute atomic E-state index is 13.2. The maximum Gasteiger partial charge on any atom is 0.326 e. The number of para-hydroxylation sites is 2. The van der Waals surface area contributed by atoms with Gasteiger partial charge in [-0.3, -0.25) is 9.69 Å². The third-order valence-corrected chi connectivity index (χ3v) is 6.18. The fourth-order valence-electron chi connectivity index (χ4n) is 3.47. The Morgan fingerprint density at radius 3 is 2.32 bits per heavy atom. The zero-order chi connectivity index (χ0) is 20.0. The number of aromatic nitrogens is 1. The topological polar surface area (TPSA) is 43.0 Å². The van der Waals surface area contributed by atoms with Crippen LogP contribution >= 0.6 is 23.4 Å². The lowest BCUT2D eigenvalue weighted by Crippen LogP contribution is -2.32. The molecule has 8 heteroatoms. The highest BCUT2D eigenvalue weighted by atomic mass is 35.5. The molecule has 2 aliphatic heterocycles. The summed E-state index contributed by atoms with van der Waals surface area (Å²) in [5.74, 6) is 1.59. The van der Waals surface area contributed by atoms with Crippen molar-refractivity contribution >= 4 is 51.6 Å². The number of anilines is 2. The van der Waals surface area contributed by atoms with Crippen molar-refractivity contribution in [2.24, 2.45) is 12.0 Å². The second kappa shape index (κ2) is 7.14. The number of carbonyl (C=O) groups is 1. The molecule has 4 rings (SSSR count). The molecule has 0 bridgehead atoms. The van der Waals surface area contributed by atoms with E-state index >= 15 is 0 Å². The zero-order valence-corrected chi connectivity index (χ0v) is 17.8. The van der Waals surface area contributed by atoms with Gasteiger partial charge in [0.25, 0.3) is 11.1 Å². The van der Waals surface area contributed by atoms with Crippen LogP contribution in [0.25, 0.3) is 0 Å². The zero-order valence-electron chi connectivity index (χ0n) is 16.2. The van der Waals surface area contributed by atoms with Gasteiger partial charge in [0.1, 0.15) is 16.9 Å². The van der Waals surface area contributed by atoms with Crippen LogP contribution in [0.2, 0.25) is 5.02 Å². The van der Waals surface area contributed by atoms with E-state index in [9.17, 15) is 4.79 Å². The molecule has 0 saturated carbocycles. The monoisotopic (exact) mass is 414 g/mol. The smallest absolute Gasteiger partial charge is 0.326 e. The molecule has 0 radical (unpaired) electrons. The van der Waals surface area contributed by atoms with Gasteiger partial charge in [-0.2, -0.15) is 0 Å². The molecule has 1 fully saturated rings. The van der Waals surface area contributed by atoms with Gasteiger partial charge >= 0.3 is 5.82 Å². The van der Waals surface area contributed by atoms with Gasteiger partial charge in [0.05, 0.1) is 23.4 Å². The minimum absolute atomic E-state index is 0.0237. The van der Waals surface area contributed by atoms with Gasteiger partial charge in [-0.15, -0.1) is 0 Å². The molecule has 1 amide bonds. The van der Waals surface area contributed by atoms with Gasteiger partial charge in [0.15, 0.2) is 0 Å². The molecule has 0 atom stereocenters. The van der Waals surface area contributed by atoms with Crippen LogP contribution in [0.1, 0.15) is 6.92 Å². The van der Waals surface area contributed by atoms with E-state index in [0.717, 1.165) is 23.0 Å². The largest absolute Gasteiger partial charge is 0.328 e. The number of hydrogen-bond donors (Lipinski definition) is 0. The number of fused-ring (bicyclic) bond motifs is 1. The van der Waals surface area contributed by atoms with Gasteiger partial charge in [-0.05, 0) is 41.9 Å². The molecule has 2 aromatic rings. The van der Waals surface area contributed by atoms with Crippen LogP contribution in [0, 0.1) is 0 Å². The van der Waals surface area contributed by atoms with E-state index in [-0.39, 0.29) is 5.91 Å². The van der Waals surface area contributed by atoms with Crippen LogP contribution in [0.15, 0.2) is 58.3 Å². The SMILES string of the molecule is CCN1C(=O)C(=C2N(C)c3ccccc3N2C)SC1=Nc1ccc(Cl)c[n+]1C. The summed E-state index contributed by atoms with van der Waals surface area (Å²) in [5, 5.41) is 1.31. The number of likely N-dealkylation sites (N-methyl/N-ethyl adjacent to an activating group) is 1. The highest BCUT2D eigenvalue weighted by Crippen LogP contribution is 2.44. The molecule has 144 valence electrons. The Morgan fingerprint density at radius 1 is 1.11 bits per heavy atom. The van der Waals surface area contributed by atoms with Crippen molar-refractivity contribution < 1.29 is 9.36 Å². The number of benzene rings is 1. The predicted molar refractivity (Wildman–Crippen MR) is 115 cm³/mol. The molecule has 0 unspecified atom stereocenters. The molecule has 6 nitrogen and oxygen atoms in total. The fourth-order valence-corrected chi connectivity index (χ4v) is 4.89. The summed E-state index contributed by atoms with van der Waals surface area (Å²) in [6.45, 7) is 2.51. The number of rotatable bonds is 2. The number of aryl methyl sites for hydroxylation is 1. The molecule has 1 saturated heterocycles. The molecule has 28 heavy (non-hydrogen) atoms. The third kappa shape index (κ3) is 2.95. The Morgan fingerprint density at radius 2 is 1.75 bits per heavy atom. The Hall–Kier alpha value is -2.51. The number of nitrogens with zero attached hydrogens (tertiary/aromatic N) is 5. The van der Waals surface area contributed by atoms with Crippen LogP contribution in [-0.2, 0) is 11.8 Å². The fraction of sp³-hybridized carbons (Fsp3) is 0.250. The standard InChI is InChI=1S/C20H21ClN5OS/c1-5-26-19(27)17(18-24(3)14-8-6-7-9-15(14)25(18)4)28-20(26)22-16-11-10-13(21)12-23(16)2/h6-12H,5H2,1-4H3/q+1. The number of hydrogen-bond acceptors (Lipinski definition) is 5. The van der Waals surface area contributed by atoms with Gasteiger partial charge in [0.2, 0.25) is 0 Å². The summed E-state index contributed by atoms with van der Waals surface area (Å²) in [6.07, 6.45) is 1.80. The molecule has 1 aromatic carbocycles. The number of aliphatic imine (C=N–C) groups is 1. The molecule has 2 aliphatic rings. The van der Waals surface area contributed by atoms with Crippen molar-refractivity contribution in [2.45, 2.75) is 6.92 Å². The first-order valence-electron chi connectivity index (χ1n) is 8.96. The predicted octanol–water partition coefficient (Wildman–Crippen LogP) is 3.50. The van der Waals surface area contributed by atoms with E-state index in [2.05, 4.69) is 21.9 Å². The second-order valence-electron chi connectivity index (χ2n) is 6.62. The van der Waals surface area contributed by atoms with E-state index in [0.29, 0.717) is 21.6 Å². The first kappa shape index (κ1) is 18.8. The van der Waals surface area contributed by atoms with E-state index < -0.39 is 0 Å². The number of pyridine rings is 1. The number of thioether (sulfide) groups is 1. The van der Waals surface area contributed by atoms with Crippen LogP contribution in [0.3, 0.4) is 0 Å². The summed E-state index contributed by atoms with van der Waals surface area (Å²) in [7, 11) is 5.86. The summed E-state index contributed by atoms with van der Waals surface area (Å²) in [4.78, 5) is 24.5. The summed E-state index contributed by atoms with van der Waals surface area (Å²) >= 11 is 7.45. The van der Waals surface area contributed by atoms with Crippen LogP contribution < -0.4 is 14.4 Å². The van der Waals surface area contributed by atoms with E-state index in [1.54, 1.807) is 17.2 Å². The quantitative estimate of drug-likeness (QED) is 0.557. The van der Waals surface area contributed by atoms with E-state index in [1.807, 2.05) is 50.8 Å². The Bertz CT molecular complexity index is 1000.